The van der Waals surface area contributed by atoms with Gasteiger partial charge in [-0.3, -0.25) is 19.2 Å². The number of rotatable bonds is 5. The molecule has 0 saturated carbocycles. The maximum atomic E-state index is 12.7. The minimum atomic E-state index is -0.546. The SMILES string of the molecule is COCc1nc(C)c(C(=O)N[C@@H]2CCCN(c3ccn(C)n3)C2=O)s1. The molecular weight excluding hydrogens is 342 g/mol. The lowest BCUT2D eigenvalue weighted by atomic mass is 10.0. The highest BCUT2D eigenvalue weighted by Gasteiger charge is 2.32. The van der Waals surface area contributed by atoms with E-state index in [0.29, 0.717) is 36.0 Å². The fourth-order valence-electron chi connectivity index (χ4n) is 2.86. The van der Waals surface area contributed by atoms with Crippen LogP contribution in [0.4, 0.5) is 5.82 Å². The van der Waals surface area contributed by atoms with Crippen molar-refractivity contribution in [3.8, 4) is 0 Å². The zero-order valence-electron chi connectivity index (χ0n) is 14.5. The second-order valence-electron chi connectivity index (χ2n) is 5.96. The van der Waals surface area contributed by atoms with Gasteiger partial charge in [0.1, 0.15) is 15.9 Å². The number of carbonyl (C=O) groups is 2. The molecule has 25 heavy (non-hydrogen) atoms. The molecule has 2 aromatic heterocycles. The number of aromatic nitrogens is 3. The Morgan fingerprint density at radius 3 is 3.00 bits per heavy atom. The number of ether oxygens (including phenoxy) is 1. The molecular formula is C16H21N5O3S. The number of anilines is 1. The van der Waals surface area contributed by atoms with Crippen LogP contribution >= 0.6 is 11.3 Å². The van der Waals surface area contributed by atoms with E-state index in [9.17, 15) is 9.59 Å². The van der Waals surface area contributed by atoms with Crippen molar-refractivity contribution >= 4 is 29.0 Å². The topological polar surface area (TPSA) is 89.3 Å². The second kappa shape index (κ2) is 7.32. The van der Waals surface area contributed by atoms with Gasteiger partial charge in [0.25, 0.3) is 11.8 Å². The van der Waals surface area contributed by atoms with Gasteiger partial charge in [0, 0.05) is 33.0 Å². The van der Waals surface area contributed by atoms with Crippen LogP contribution in [-0.4, -0.2) is 46.3 Å². The average Bonchev–Trinajstić information content (AvgIpc) is 3.15. The lowest BCUT2D eigenvalue weighted by Crippen LogP contribution is -2.52. The van der Waals surface area contributed by atoms with Crippen molar-refractivity contribution in [3.05, 3.63) is 27.8 Å². The van der Waals surface area contributed by atoms with E-state index >= 15 is 0 Å². The number of aryl methyl sites for hydroxylation is 2. The number of thiazole rings is 1. The van der Waals surface area contributed by atoms with Gasteiger partial charge in [0.2, 0.25) is 0 Å². The van der Waals surface area contributed by atoms with Gasteiger partial charge in [-0.15, -0.1) is 11.3 Å². The van der Waals surface area contributed by atoms with Crippen LogP contribution in [0.2, 0.25) is 0 Å². The van der Waals surface area contributed by atoms with Crippen molar-refractivity contribution in [1.29, 1.82) is 0 Å². The third kappa shape index (κ3) is 3.72. The van der Waals surface area contributed by atoms with Crippen LogP contribution in [0.25, 0.3) is 0 Å². The van der Waals surface area contributed by atoms with Crippen LogP contribution in [0.15, 0.2) is 12.3 Å². The zero-order chi connectivity index (χ0) is 18.0. The third-order valence-corrected chi connectivity index (χ3v) is 5.16. The van der Waals surface area contributed by atoms with Gasteiger partial charge < -0.3 is 10.1 Å². The molecule has 0 unspecified atom stereocenters. The van der Waals surface area contributed by atoms with Gasteiger partial charge >= 0.3 is 0 Å². The lowest BCUT2D eigenvalue weighted by Gasteiger charge is -2.31. The number of nitrogens with one attached hydrogen (secondary N) is 1. The van der Waals surface area contributed by atoms with Gasteiger partial charge in [0.05, 0.1) is 12.3 Å². The number of hydrogen-bond donors (Lipinski definition) is 1. The summed E-state index contributed by atoms with van der Waals surface area (Å²) in [4.78, 5) is 31.8. The minimum absolute atomic E-state index is 0.127. The standard InChI is InChI=1S/C16H21N5O3S/c1-10-14(25-13(17-10)9-24-3)15(22)18-11-5-4-7-21(16(11)23)12-6-8-20(2)19-12/h6,8,11H,4-5,7,9H2,1-3H3,(H,18,22)/t11-/m1/s1. The maximum Gasteiger partial charge on any atom is 0.263 e. The summed E-state index contributed by atoms with van der Waals surface area (Å²) in [7, 11) is 3.39. The molecule has 1 aliphatic rings. The molecule has 0 spiro atoms. The Morgan fingerprint density at radius 2 is 2.32 bits per heavy atom. The molecule has 1 saturated heterocycles. The Hall–Kier alpha value is -2.26. The highest BCUT2D eigenvalue weighted by atomic mass is 32.1. The molecule has 3 rings (SSSR count). The Balaban J connectivity index is 1.71. The van der Waals surface area contributed by atoms with Crippen LogP contribution < -0.4 is 10.2 Å². The largest absolute Gasteiger partial charge is 0.378 e. The third-order valence-electron chi connectivity index (χ3n) is 4.03. The number of hydrogen-bond acceptors (Lipinski definition) is 6. The van der Waals surface area contributed by atoms with Gasteiger partial charge in [-0.05, 0) is 19.8 Å². The van der Waals surface area contributed by atoms with E-state index in [2.05, 4.69) is 15.4 Å². The molecule has 0 radical (unpaired) electrons. The first-order valence-electron chi connectivity index (χ1n) is 8.06. The molecule has 3 heterocycles. The van der Waals surface area contributed by atoms with Gasteiger partial charge in [-0.25, -0.2) is 4.98 Å². The summed E-state index contributed by atoms with van der Waals surface area (Å²) in [6.45, 7) is 2.77. The molecule has 2 aromatic rings. The van der Waals surface area contributed by atoms with Crippen molar-refractivity contribution in [1.82, 2.24) is 20.1 Å². The molecule has 1 fully saturated rings. The molecule has 134 valence electrons. The summed E-state index contributed by atoms with van der Waals surface area (Å²) in [5.41, 5.74) is 0.652. The summed E-state index contributed by atoms with van der Waals surface area (Å²) in [5, 5.41) is 7.88. The number of nitrogens with zero attached hydrogens (tertiary/aromatic N) is 4. The van der Waals surface area contributed by atoms with Crippen molar-refractivity contribution < 1.29 is 14.3 Å². The van der Waals surface area contributed by atoms with E-state index in [0.717, 1.165) is 11.4 Å². The lowest BCUT2D eigenvalue weighted by molar-refractivity contribution is -0.121. The fourth-order valence-corrected chi connectivity index (χ4v) is 3.80. The van der Waals surface area contributed by atoms with E-state index in [4.69, 9.17) is 4.74 Å². The Morgan fingerprint density at radius 1 is 1.52 bits per heavy atom. The molecule has 0 aromatic carbocycles. The molecule has 8 nitrogen and oxygen atoms in total. The monoisotopic (exact) mass is 363 g/mol. The van der Waals surface area contributed by atoms with E-state index < -0.39 is 6.04 Å². The van der Waals surface area contributed by atoms with Gasteiger partial charge in [-0.1, -0.05) is 0 Å². The van der Waals surface area contributed by atoms with Crippen LogP contribution in [-0.2, 0) is 23.2 Å². The number of carbonyl (C=O) groups excluding carboxylic acids is 2. The summed E-state index contributed by atoms with van der Waals surface area (Å²) in [6.07, 6.45) is 3.23. The number of piperidine rings is 1. The van der Waals surface area contributed by atoms with Crippen molar-refractivity contribution in [2.75, 3.05) is 18.6 Å². The highest BCUT2D eigenvalue weighted by molar-refractivity contribution is 7.13. The Labute approximate surface area is 149 Å². The first-order chi connectivity index (χ1) is 12.0. The Kier molecular flexibility index (Phi) is 5.14. The van der Waals surface area contributed by atoms with Crippen LogP contribution in [0.1, 0.15) is 33.2 Å². The van der Waals surface area contributed by atoms with Crippen LogP contribution in [0, 0.1) is 6.92 Å². The first kappa shape index (κ1) is 17.6. The highest BCUT2D eigenvalue weighted by Crippen LogP contribution is 2.22. The molecule has 9 heteroatoms. The smallest absolute Gasteiger partial charge is 0.263 e. The average molecular weight is 363 g/mol. The molecule has 0 bridgehead atoms. The molecule has 1 N–H and O–H groups in total. The summed E-state index contributed by atoms with van der Waals surface area (Å²) in [5.74, 6) is 0.221. The quantitative estimate of drug-likeness (QED) is 0.864. The summed E-state index contributed by atoms with van der Waals surface area (Å²) < 4.78 is 6.71. The van der Waals surface area contributed by atoms with Crippen molar-refractivity contribution in [2.24, 2.45) is 7.05 Å². The van der Waals surface area contributed by atoms with E-state index in [1.54, 1.807) is 42.9 Å². The normalized spacial score (nSPS) is 17.8. The first-order valence-corrected chi connectivity index (χ1v) is 8.88. The molecule has 0 aliphatic carbocycles. The fraction of sp³-hybridized carbons (Fsp3) is 0.500. The summed E-state index contributed by atoms with van der Waals surface area (Å²) in [6, 6.07) is 1.25. The summed E-state index contributed by atoms with van der Waals surface area (Å²) >= 11 is 1.29. The molecule has 1 atom stereocenters. The molecule has 1 aliphatic heterocycles. The number of amides is 2. The maximum absolute atomic E-state index is 12.7. The van der Waals surface area contributed by atoms with E-state index in [-0.39, 0.29) is 11.8 Å². The number of methoxy groups -OCH3 is 1. The Bertz CT molecular complexity index is 785. The van der Waals surface area contributed by atoms with Gasteiger partial charge in [0.15, 0.2) is 5.82 Å². The van der Waals surface area contributed by atoms with Crippen LogP contribution in [0.5, 0.6) is 0 Å². The minimum Gasteiger partial charge on any atom is -0.378 e. The molecule has 2 amide bonds. The van der Waals surface area contributed by atoms with Crippen molar-refractivity contribution in [2.45, 2.75) is 32.4 Å². The van der Waals surface area contributed by atoms with Crippen LogP contribution in [0.3, 0.4) is 0 Å². The van der Waals surface area contributed by atoms with E-state index in [1.807, 2.05) is 0 Å². The van der Waals surface area contributed by atoms with Crippen molar-refractivity contribution in [3.63, 3.8) is 0 Å². The zero-order valence-corrected chi connectivity index (χ0v) is 15.3. The van der Waals surface area contributed by atoms with E-state index in [1.165, 1.54) is 11.3 Å². The second-order valence-corrected chi connectivity index (χ2v) is 7.04. The van der Waals surface area contributed by atoms with Gasteiger partial charge in [-0.2, -0.15) is 5.10 Å². The predicted molar refractivity (Wildman–Crippen MR) is 93.6 cm³/mol. The predicted octanol–water partition coefficient (Wildman–Crippen LogP) is 1.26.